The van der Waals surface area contributed by atoms with Gasteiger partial charge in [0.2, 0.25) is 0 Å². The standard InChI is InChI=1S/C23H19N5O5/c1-2-23(32)16-6-18-20-12(7-28(18)21(30)15(16)9-33-22(23)31)5-13-14(8-27-11-24-10-25-27)19(29)4-3-17(13)26-20/h3-6,10-11,29,32H,2,7-9H2,1H3/t23-/m0/s1. The number of aliphatic hydroxyl groups is 1. The molecule has 0 spiro atoms. The number of pyridine rings is 2. The lowest BCUT2D eigenvalue weighted by molar-refractivity contribution is -0.172. The number of carbonyl (C=O) groups is 1. The summed E-state index contributed by atoms with van der Waals surface area (Å²) < 4.78 is 8.31. The summed E-state index contributed by atoms with van der Waals surface area (Å²) in [4.78, 5) is 34.3. The molecule has 0 bridgehead atoms. The topological polar surface area (TPSA) is 132 Å². The second-order valence-corrected chi connectivity index (χ2v) is 8.32. The van der Waals surface area contributed by atoms with Gasteiger partial charge in [0.05, 0.1) is 35.6 Å². The second kappa shape index (κ2) is 6.72. The van der Waals surface area contributed by atoms with E-state index in [-0.39, 0.29) is 42.0 Å². The Hall–Kier alpha value is -4.05. The average Bonchev–Trinajstić information content (AvgIpc) is 3.45. The molecule has 0 fully saturated rings. The van der Waals surface area contributed by atoms with Crippen LogP contribution in [0.25, 0.3) is 22.3 Å². The van der Waals surface area contributed by atoms with Gasteiger partial charge in [-0.1, -0.05) is 6.92 Å². The number of phenolic OH excluding ortho intramolecular Hbond substituents is 1. The summed E-state index contributed by atoms with van der Waals surface area (Å²) >= 11 is 0. The van der Waals surface area contributed by atoms with E-state index in [9.17, 15) is 19.8 Å². The molecule has 0 unspecified atom stereocenters. The molecule has 1 atom stereocenters. The van der Waals surface area contributed by atoms with Crippen molar-refractivity contribution in [1.29, 1.82) is 0 Å². The van der Waals surface area contributed by atoms with Crippen molar-refractivity contribution >= 4 is 16.9 Å². The number of ether oxygens (including phenoxy) is 1. The fraction of sp³-hybridized carbons (Fsp3) is 0.261. The molecule has 10 nitrogen and oxygen atoms in total. The molecule has 0 radical (unpaired) electrons. The summed E-state index contributed by atoms with van der Waals surface area (Å²) in [7, 11) is 0. The van der Waals surface area contributed by atoms with Gasteiger partial charge in [0.25, 0.3) is 5.56 Å². The Morgan fingerprint density at radius 1 is 1.24 bits per heavy atom. The molecule has 1 aromatic carbocycles. The molecular weight excluding hydrogens is 426 g/mol. The van der Waals surface area contributed by atoms with Gasteiger partial charge >= 0.3 is 5.97 Å². The van der Waals surface area contributed by atoms with Gasteiger partial charge in [-0.15, -0.1) is 0 Å². The van der Waals surface area contributed by atoms with Gasteiger partial charge < -0.3 is 19.5 Å². The molecule has 2 aliphatic heterocycles. The van der Waals surface area contributed by atoms with Crippen molar-refractivity contribution in [2.75, 3.05) is 0 Å². The normalized spacial score (nSPS) is 18.7. The molecule has 0 aliphatic carbocycles. The smallest absolute Gasteiger partial charge is 0.343 e. The lowest BCUT2D eigenvalue weighted by Crippen LogP contribution is -2.44. The first-order valence-corrected chi connectivity index (χ1v) is 10.5. The van der Waals surface area contributed by atoms with Crippen molar-refractivity contribution < 1.29 is 19.7 Å². The highest BCUT2D eigenvalue weighted by Crippen LogP contribution is 2.39. The largest absolute Gasteiger partial charge is 0.508 e. The van der Waals surface area contributed by atoms with Crippen LogP contribution < -0.4 is 5.56 Å². The summed E-state index contributed by atoms with van der Waals surface area (Å²) in [6.45, 7) is 2.10. The molecule has 2 N–H and O–H groups in total. The van der Waals surface area contributed by atoms with Crippen LogP contribution in [0.4, 0.5) is 0 Å². The third kappa shape index (κ3) is 2.67. The summed E-state index contributed by atoms with van der Waals surface area (Å²) in [6.07, 6.45) is 3.08. The Labute approximate surface area is 186 Å². The Morgan fingerprint density at radius 3 is 2.85 bits per heavy atom. The van der Waals surface area contributed by atoms with Crippen LogP contribution in [0.2, 0.25) is 0 Å². The van der Waals surface area contributed by atoms with Crippen LogP contribution in [-0.2, 0) is 34.8 Å². The van der Waals surface area contributed by atoms with E-state index in [1.807, 2.05) is 6.07 Å². The molecule has 6 rings (SSSR count). The number of benzene rings is 1. The van der Waals surface area contributed by atoms with Crippen molar-refractivity contribution in [3.05, 3.63) is 69.5 Å². The highest BCUT2D eigenvalue weighted by molar-refractivity contribution is 5.89. The predicted molar refractivity (Wildman–Crippen MR) is 115 cm³/mol. The average molecular weight is 445 g/mol. The number of rotatable bonds is 3. The summed E-state index contributed by atoms with van der Waals surface area (Å²) in [5, 5.41) is 26.4. The minimum Gasteiger partial charge on any atom is -0.508 e. The summed E-state index contributed by atoms with van der Waals surface area (Å²) in [5.41, 5.74) is 1.64. The van der Waals surface area contributed by atoms with Crippen molar-refractivity contribution in [2.24, 2.45) is 0 Å². The lowest BCUT2D eigenvalue weighted by Gasteiger charge is -2.31. The first-order chi connectivity index (χ1) is 15.9. The number of carbonyl (C=O) groups excluding carboxylic acids is 1. The number of nitrogens with zero attached hydrogens (tertiary/aromatic N) is 5. The SMILES string of the molecule is CC[C@@]1(O)C(=O)OCc2c1cc1n(c2=O)Cc2cc3c(Cn4cncn4)c(O)ccc3nc2-1. The predicted octanol–water partition coefficient (Wildman–Crippen LogP) is 1.43. The van der Waals surface area contributed by atoms with Gasteiger partial charge in [-0.05, 0) is 30.7 Å². The van der Waals surface area contributed by atoms with Crippen LogP contribution in [0.5, 0.6) is 5.75 Å². The van der Waals surface area contributed by atoms with E-state index in [0.29, 0.717) is 29.0 Å². The minimum absolute atomic E-state index is 0.0880. The summed E-state index contributed by atoms with van der Waals surface area (Å²) in [5.74, 6) is -0.633. The monoisotopic (exact) mass is 445 g/mol. The molecule has 0 saturated carbocycles. The summed E-state index contributed by atoms with van der Waals surface area (Å²) in [6, 6.07) is 6.90. The second-order valence-electron chi connectivity index (χ2n) is 8.32. The van der Waals surface area contributed by atoms with E-state index in [1.165, 1.54) is 6.33 Å². The molecule has 10 heteroatoms. The molecule has 0 amide bonds. The van der Waals surface area contributed by atoms with Gasteiger partial charge in [-0.2, -0.15) is 5.10 Å². The Kier molecular flexibility index (Phi) is 4.00. The third-order valence-corrected chi connectivity index (χ3v) is 6.56. The maximum atomic E-state index is 13.3. The van der Waals surface area contributed by atoms with E-state index < -0.39 is 11.6 Å². The maximum Gasteiger partial charge on any atom is 0.343 e. The highest BCUT2D eigenvalue weighted by atomic mass is 16.6. The molecule has 3 aromatic heterocycles. The van der Waals surface area contributed by atoms with E-state index in [1.54, 1.807) is 40.7 Å². The number of cyclic esters (lactones) is 1. The number of aromatic nitrogens is 5. The number of fused-ring (bicyclic) bond motifs is 5. The maximum absolute atomic E-state index is 13.3. The van der Waals surface area contributed by atoms with E-state index in [2.05, 4.69) is 10.1 Å². The first kappa shape index (κ1) is 19.6. The van der Waals surface area contributed by atoms with Crippen LogP contribution in [0.1, 0.15) is 35.6 Å². The fourth-order valence-corrected chi connectivity index (χ4v) is 4.74. The Bertz CT molecular complexity index is 1530. The molecular formula is C23H19N5O5. The number of phenols is 1. The van der Waals surface area contributed by atoms with Crippen molar-refractivity contribution in [2.45, 2.75) is 38.6 Å². The zero-order chi connectivity index (χ0) is 22.9. The van der Waals surface area contributed by atoms with Gasteiger partial charge in [0.15, 0.2) is 5.60 Å². The first-order valence-electron chi connectivity index (χ1n) is 10.5. The van der Waals surface area contributed by atoms with Crippen LogP contribution >= 0.6 is 0 Å². The molecule has 4 aromatic rings. The van der Waals surface area contributed by atoms with Crippen LogP contribution in [0.15, 0.2) is 41.7 Å². The van der Waals surface area contributed by atoms with E-state index >= 15 is 0 Å². The molecule has 2 aliphatic rings. The van der Waals surface area contributed by atoms with Gasteiger partial charge in [0.1, 0.15) is 25.0 Å². The van der Waals surface area contributed by atoms with Crippen molar-refractivity contribution in [3.63, 3.8) is 0 Å². The quantitative estimate of drug-likeness (QED) is 0.399. The zero-order valence-corrected chi connectivity index (χ0v) is 17.6. The van der Waals surface area contributed by atoms with Gasteiger partial charge in [-0.25, -0.2) is 19.4 Å². The van der Waals surface area contributed by atoms with Crippen molar-refractivity contribution in [3.8, 4) is 17.1 Å². The molecule has 0 saturated heterocycles. The fourth-order valence-electron chi connectivity index (χ4n) is 4.74. The highest BCUT2D eigenvalue weighted by Gasteiger charge is 2.45. The van der Waals surface area contributed by atoms with Crippen LogP contribution in [-0.4, -0.2) is 40.5 Å². The number of esters is 1. The Morgan fingerprint density at radius 2 is 2.09 bits per heavy atom. The van der Waals surface area contributed by atoms with E-state index in [0.717, 1.165) is 10.9 Å². The Balaban J connectivity index is 1.55. The lowest BCUT2D eigenvalue weighted by atomic mass is 9.86. The number of hydrogen-bond acceptors (Lipinski definition) is 8. The van der Waals surface area contributed by atoms with Crippen molar-refractivity contribution in [1.82, 2.24) is 24.3 Å². The molecule has 166 valence electrons. The molecule has 33 heavy (non-hydrogen) atoms. The third-order valence-electron chi connectivity index (χ3n) is 6.56. The minimum atomic E-state index is -1.86. The van der Waals surface area contributed by atoms with Crippen LogP contribution in [0.3, 0.4) is 0 Å². The van der Waals surface area contributed by atoms with Gasteiger partial charge in [-0.3, -0.25) is 4.79 Å². The van der Waals surface area contributed by atoms with E-state index in [4.69, 9.17) is 9.72 Å². The van der Waals surface area contributed by atoms with Gasteiger partial charge in [0, 0.05) is 22.1 Å². The molecule has 5 heterocycles. The number of aromatic hydroxyl groups is 1. The number of hydrogen-bond donors (Lipinski definition) is 2. The zero-order valence-electron chi connectivity index (χ0n) is 17.6. The van der Waals surface area contributed by atoms with Crippen LogP contribution in [0, 0.1) is 0 Å².